The number of aromatic nitrogens is 6. The molecular weight excluding hydrogens is 385 g/mol. The molecule has 0 saturated heterocycles. The lowest BCUT2D eigenvalue weighted by atomic mass is 10.2. The molecule has 0 bridgehead atoms. The number of nitrogens with one attached hydrogen (secondary N) is 1. The molecule has 146 valence electrons. The molecule has 3 heterocycles. The molecule has 0 unspecified atom stereocenters. The Hall–Kier alpha value is -4.27. The van der Waals surface area contributed by atoms with Gasteiger partial charge in [-0.25, -0.2) is 29.3 Å². The van der Waals surface area contributed by atoms with Crippen molar-refractivity contribution in [3.05, 3.63) is 83.2 Å². The Labute approximate surface area is 168 Å². The summed E-state index contributed by atoms with van der Waals surface area (Å²) in [5.41, 5.74) is 2.10. The minimum absolute atomic E-state index is 0.187. The van der Waals surface area contributed by atoms with Gasteiger partial charge in [-0.3, -0.25) is 9.36 Å². The number of benzene rings is 2. The lowest BCUT2D eigenvalue weighted by Crippen LogP contribution is -2.26. The summed E-state index contributed by atoms with van der Waals surface area (Å²) in [6.45, 7) is 1.73. The Balaban J connectivity index is 1.80. The van der Waals surface area contributed by atoms with Crippen molar-refractivity contribution < 1.29 is 4.39 Å². The number of H-pyrrole nitrogens is 1. The molecule has 5 rings (SSSR count). The third kappa shape index (κ3) is 2.93. The predicted molar refractivity (Wildman–Crippen MR) is 111 cm³/mol. The summed E-state index contributed by atoms with van der Waals surface area (Å²) >= 11 is 0. The molecule has 0 aliphatic heterocycles. The Morgan fingerprint density at radius 3 is 2.77 bits per heavy atom. The first-order chi connectivity index (χ1) is 14.6. The standard InChI is InChI=1S/C21H14FN7O/c1-12(27-19-17-18(24-10-23-17)25-11-26-19)20-28-16-8-7-13(22)9-15(16)21(30)29(20)14-5-3-2-4-6-14/h2-11H,1H3,(H,23,24,25,26)/b27-12+. The minimum atomic E-state index is -0.499. The molecule has 0 spiro atoms. The summed E-state index contributed by atoms with van der Waals surface area (Å²) in [6, 6.07) is 13.0. The topological polar surface area (TPSA) is 102 Å². The summed E-state index contributed by atoms with van der Waals surface area (Å²) < 4.78 is 15.2. The Bertz CT molecular complexity index is 1490. The van der Waals surface area contributed by atoms with E-state index in [1.165, 1.54) is 35.4 Å². The highest BCUT2D eigenvalue weighted by Gasteiger charge is 2.16. The summed E-state index contributed by atoms with van der Waals surface area (Å²) in [4.78, 5) is 37.9. The normalized spacial score (nSPS) is 12.0. The molecule has 3 aromatic heterocycles. The van der Waals surface area contributed by atoms with E-state index in [2.05, 4.69) is 29.9 Å². The molecule has 30 heavy (non-hydrogen) atoms. The minimum Gasteiger partial charge on any atom is -0.329 e. The Kier molecular flexibility index (Phi) is 4.13. The van der Waals surface area contributed by atoms with Crippen LogP contribution in [0, 0.1) is 5.82 Å². The zero-order valence-corrected chi connectivity index (χ0v) is 15.7. The van der Waals surface area contributed by atoms with Gasteiger partial charge in [0.15, 0.2) is 22.8 Å². The second-order valence-corrected chi connectivity index (χ2v) is 6.57. The number of hydrogen-bond donors (Lipinski definition) is 1. The maximum absolute atomic E-state index is 13.8. The van der Waals surface area contributed by atoms with Crippen LogP contribution in [-0.4, -0.2) is 35.2 Å². The van der Waals surface area contributed by atoms with Gasteiger partial charge in [0.2, 0.25) is 0 Å². The van der Waals surface area contributed by atoms with Crippen LogP contribution in [0.15, 0.2) is 71.0 Å². The van der Waals surface area contributed by atoms with Crippen molar-refractivity contribution in [1.29, 1.82) is 0 Å². The van der Waals surface area contributed by atoms with E-state index in [1.54, 1.807) is 19.1 Å². The fourth-order valence-corrected chi connectivity index (χ4v) is 3.26. The van der Waals surface area contributed by atoms with E-state index in [9.17, 15) is 9.18 Å². The molecule has 0 fully saturated rings. The van der Waals surface area contributed by atoms with Crippen molar-refractivity contribution in [2.75, 3.05) is 0 Å². The number of imidazole rings is 1. The van der Waals surface area contributed by atoms with Gasteiger partial charge in [0.1, 0.15) is 12.1 Å². The molecule has 0 atom stereocenters. The van der Waals surface area contributed by atoms with Crippen molar-refractivity contribution >= 4 is 33.6 Å². The van der Waals surface area contributed by atoms with Crippen molar-refractivity contribution in [2.45, 2.75) is 6.92 Å². The van der Waals surface area contributed by atoms with Crippen LogP contribution in [0.2, 0.25) is 0 Å². The van der Waals surface area contributed by atoms with Crippen LogP contribution in [0.4, 0.5) is 10.2 Å². The molecule has 0 aliphatic carbocycles. The molecule has 8 nitrogen and oxygen atoms in total. The highest BCUT2D eigenvalue weighted by atomic mass is 19.1. The summed E-state index contributed by atoms with van der Waals surface area (Å²) in [5, 5.41) is 0.187. The molecule has 0 amide bonds. The van der Waals surface area contributed by atoms with Gasteiger partial charge in [0.25, 0.3) is 5.56 Å². The second kappa shape index (κ2) is 6.96. The maximum atomic E-state index is 13.8. The average molecular weight is 399 g/mol. The van der Waals surface area contributed by atoms with Crippen LogP contribution in [0.25, 0.3) is 27.8 Å². The van der Waals surface area contributed by atoms with Crippen LogP contribution >= 0.6 is 0 Å². The van der Waals surface area contributed by atoms with Crippen LogP contribution in [-0.2, 0) is 0 Å². The quantitative estimate of drug-likeness (QED) is 0.469. The maximum Gasteiger partial charge on any atom is 0.266 e. The first-order valence-electron chi connectivity index (χ1n) is 9.09. The van der Waals surface area contributed by atoms with Gasteiger partial charge in [-0.1, -0.05) is 18.2 Å². The monoisotopic (exact) mass is 399 g/mol. The smallest absolute Gasteiger partial charge is 0.266 e. The van der Waals surface area contributed by atoms with Gasteiger partial charge in [0, 0.05) is 0 Å². The molecule has 0 radical (unpaired) electrons. The number of aliphatic imine (C=N–C) groups is 1. The van der Waals surface area contributed by atoms with Crippen LogP contribution in [0.5, 0.6) is 0 Å². The number of hydrogen-bond acceptors (Lipinski definition) is 6. The highest BCUT2D eigenvalue weighted by Crippen LogP contribution is 2.20. The van der Waals surface area contributed by atoms with Crippen molar-refractivity contribution in [1.82, 2.24) is 29.5 Å². The van der Waals surface area contributed by atoms with Crippen LogP contribution in [0.3, 0.4) is 0 Å². The van der Waals surface area contributed by atoms with E-state index in [0.717, 1.165) is 0 Å². The van der Waals surface area contributed by atoms with Gasteiger partial charge in [0.05, 0.1) is 28.6 Å². The molecule has 5 aromatic rings. The molecule has 9 heteroatoms. The predicted octanol–water partition coefficient (Wildman–Crippen LogP) is 3.33. The fraction of sp³-hybridized carbons (Fsp3) is 0.0476. The van der Waals surface area contributed by atoms with Gasteiger partial charge >= 0.3 is 0 Å². The van der Waals surface area contributed by atoms with E-state index in [4.69, 9.17) is 0 Å². The van der Waals surface area contributed by atoms with Gasteiger partial charge in [-0.2, -0.15) is 0 Å². The van der Waals surface area contributed by atoms with Crippen molar-refractivity contribution in [3.63, 3.8) is 0 Å². The van der Waals surface area contributed by atoms with Crippen LogP contribution < -0.4 is 5.56 Å². The summed E-state index contributed by atoms with van der Waals surface area (Å²) in [5.74, 6) is 0.181. The summed E-state index contributed by atoms with van der Waals surface area (Å²) in [6.07, 6.45) is 2.89. The van der Waals surface area contributed by atoms with E-state index in [-0.39, 0.29) is 10.9 Å². The summed E-state index contributed by atoms with van der Waals surface area (Å²) in [7, 11) is 0. The van der Waals surface area contributed by atoms with Gasteiger partial charge < -0.3 is 4.98 Å². The lowest BCUT2D eigenvalue weighted by molar-refractivity contribution is 0.629. The Morgan fingerprint density at radius 2 is 1.93 bits per heavy atom. The van der Waals surface area contributed by atoms with Gasteiger partial charge in [-0.15, -0.1) is 0 Å². The van der Waals surface area contributed by atoms with E-state index in [0.29, 0.717) is 39.7 Å². The van der Waals surface area contributed by atoms with Crippen LogP contribution in [0.1, 0.15) is 12.7 Å². The third-order valence-corrected chi connectivity index (χ3v) is 4.64. The molecule has 0 saturated carbocycles. The number of nitrogens with zero attached hydrogens (tertiary/aromatic N) is 6. The first kappa shape index (κ1) is 17.8. The molecule has 2 aromatic carbocycles. The van der Waals surface area contributed by atoms with E-state index < -0.39 is 5.82 Å². The number of fused-ring (bicyclic) bond motifs is 2. The Morgan fingerprint density at radius 1 is 1.10 bits per heavy atom. The third-order valence-electron chi connectivity index (χ3n) is 4.64. The highest BCUT2D eigenvalue weighted by molar-refractivity contribution is 6.00. The average Bonchev–Trinajstić information content (AvgIpc) is 3.24. The van der Waals surface area contributed by atoms with E-state index >= 15 is 0 Å². The zero-order chi connectivity index (χ0) is 20.7. The molecular formula is C21H14FN7O. The number of aromatic amines is 1. The lowest BCUT2D eigenvalue weighted by Gasteiger charge is -2.13. The number of halogens is 1. The van der Waals surface area contributed by atoms with Crippen molar-refractivity contribution in [2.24, 2.45) is 4.99 Å². The fourth-order valence-electron chi connectivity index (χ4n) is 3.26. The van der Waals surface area contributed by atoms with Gasteiger partial charge in [-0.05, 0) is 37.3 Å². The van der Waals surface area contributed by atoms with Crippen molar-refractivity contribution in [3.8, 4) is 5.69 Å². The number of rotatable bonds is 3. The SMILES string of the molecule is C/C(=N\c1ncnc2[nH]cnc12)c1nc2ccc(F)cc2c(=O)n1-c1ccccc1. The number of para-hydroxylation sites is 1. The second-order valence-electron chi connectivity index (χ2n) is 6.57. The van der Waals surface area contributed by atoms with E-state index in [1.807, 2.05) is 18.2 Å². The first-order valence-corrected chi connectivity index (χ1v) is 9.09. The molecule has 0 aliphatic rings. The zero-order valence-electron chi connectivity index (χ0n) is 15.7. The largest absolute Gasteiger partial charge is 0.329 e. The molecule has 1 N–H and O–H groups in total.